The molecule has 0 aromatic heterocycles. The van der Waals surface area contributed by atoms with Crippen molar-refractivity contribution in [2.75, 3.05) is 24.6 Å². The molecule has 0 saturated carbocycles. The molecular weight excluding hydrogens is 814 g/mol. The smallest absolute Gasteiger partial charge is 0.269 e. The second-order valence-electron chi connectivity index (χ2n) is 14.1. The molecule has 2 atom stereocenters. The Morgan fingerprint density at radius 3 is 0.800 bits per heavy atom. The fourth-order valence-electron chi connectivity index (χ4n) is 7.19. The van der Waals surface area contributed by atoms with Crippen molar-refractivity contribution in [3.8, 4) is 0 Å². The van der Waals surface area contributed by atoms with Crippen LogP contribution in [0.1, 0.15) is 22.3 Å². The van der Waals surface area contributed by atoms with Crippen molar-refractivity contribution < 1.29 is 39.0 Å². The zero-order chi connectivity index (χ0) is 43.3. The molecule has 0 radical (unpaired) electrons. The van der Waals surface area contributed by atoms with Gasteiger partial charge in [-0.1, -0.05) is 60.7 Å². The Labute approximate surface area is 342 Å². The minimum absolute atomic E-state index is 0.0927. The molecule has 0 heterocycles. The van der Waals surface area contributed by atoms with E-state index in [1.807, 2.05) is 0 Å². The van der Waals surface area contributed by atoms with Crippen LogP contribution in [-0.2, 0) is 20.3 Å². The van der Waals surface area contributed by atoms with Gasteiger partial charge in [-0.05, 0) is 70.8 Å². The number of hydrogen-bond donors (Lipinski definition) is 2. The van der Waals surface area contributed by atoms with E-state index in [9.17, 15) is 50.7 Å². The van der Waals surface area contributed by atoms with E-state index in [0.717, 1.165) is 0 Å². The zero-order valence-electron chi connectivity index (χ0n) is 31.5. The monoisotopic (exact) mass is 850 g/mol. The SMILES string of the molecule is O=[N+]([O-])c1ccc(C(O)(CP(=O)(CCP(=O)(CC(O)(c2ccc([N+](=O)[O-])cc2)c2ccc([N+](=O)[O-])cc2)c2ccccc2)c2ccccc2)c2ccc([N+](=O)[O-])cc2)cc1. The fourth-order valence-corrected chi connectivity index (χ4v) is 14.6. The first-order chi connectivity index (χ1) is 28.5. The van der Waals surface area contributed by atoms with Gasteiger partial charge in [-0.3, -0.25) is 40.5 Å². The number of aliphatic hydroxyl groups is 2. The maximum atomic E-state index is 15.8. The average molecular weight is 851 g/mol. The Balaban J connectivity index is 1.49. The van der Waals surface area contributed by atoms with E-state index in [1.165, 1.54) is 97.1 Å². The lowest BCUT2D eigenvalue weighted by Gasteiger charge is -2.36. The second kappa shape index (κ2) is 17.3. The standard InChI is InChI=1S/C42H36N4O12P2/c47-41(31-11-19-35(20-12-31)43(49)50,32-13-21-36(22-14-32)44(51)52)29-59(57,39-7-3-1-4-8-39)27-28-60(58,40-9-5-2-6-10-40)30-42(48,33-15-23-37(24-16-33)45(53)54)34-17-25-38(26-18-34)46(55)56/h1-26,47-48H,27-30H2. The molecule has 18 heteroatoms. The molecule has 6 aromatic carbocycles. The third kappa shape index (κ3) is 8.97. The Kier molecular flexibility index (Phi) is 12.3. The summed E-state index contributed by atoms with van der Waals surface area (Å²) >= 11 is 0. The summed E-state index contributed by atoms with van der Waals surface area (Å²) in [5.74, 6) is 0. The van der Waals surface area contributed by atoms with Crippen LogP contribution in [0.5, 0.6) is 0 Å². The molecule has 0 aliphatic rings. The Bertz CT molecular complexity index is 2330. The zero-order valence-corrected chi connectivity index (χ0v) is 33.3. The molecule has 0 bridgehead atoms. The van der Waals surface area contributed by atoms with Gasteiger partial charge < -0.3 is 19.3 Å². The molecule has 306 valence electrons. The van der Waals surface area contributed by atoms with E-state index in [4.69, 9.17) is 0 Å². The van der Waals surface area contributed by atoms with Crippen LogP contribution >= 0.6 is 14.3 Å². The summed E-state index contributed by atoms with van der Waals surface area (Å²) in [5, 5.41) is 72.2. The molecule has 6 rings (SSSR count). The lowest BCUT2D eigenvalue weighted by molar-refractivity contribution is -0.385. The summed E-state index contributed by atoms with van der Waals surface area (Å²) in [6.07, 6.45) is -1.77. The van der Waals surface area contributed by atoms with Crippen molar-refractivity contribution in [2.24, 2.45) is 0 Å². The van der Waals surface area contributed by atoms with Crippen LogP contribution in [0.2, 0.25) is 0 Å². The second-order valence-corrected chi connectivity index (χ2v) is 20.3. The summed E-state index contributed by atoms with van der Waals surface area (Å²) in [7, 11) is -7.94. The lowest BCUT2D eigenvalue weighted by atomic mass is 9.88. The molecule has 0 aliphatic heterocycles. The lowest BCUT2D eigenvalue weighted by Crippen LogP contribution is -2.36. The number of benzene rings is 6. The summed E-state index contributed by atoms with van der Waals surface area (Å²) < 4.78 is 31.7. The molecule has 0 aliphatic carbocycles. The number of nitrogens with zero attached hydrogens (tertiary/aromatic N) is 4. The molecule has 6 aromatic rings. The van der Waals surface area contributed by atoms with Gasteiger partial charge in [0, 0.05) is 83.8 Å². The van der Waals surface area contributed by atoms with E-state index in [-0.39, 0.29) is 67.9 Å². The molecule has 16 nitrogen and oxygen atoms in total. The van der Waals surface area contributed by atoms with E-state index in [1.54, 1.807) is 60.7 Å². The van der Waals surface area contributed by atoms with Crippen LogP contribution in [0, 0.1) is 40.5 Å². The minimum Gasteiger partial charge on any atom is -0.380 e. The maximum absolute atomic E-state index is 15.8. The highest BCUT2D eigenvalue weighted by atomic mass is 31.2. The Morgan fingerprint density at radius 1 is 0.383 bits per heavy atom. The highest BCUT2D eigenvalue weighted by Crippen LogP contribution is 2.58. The first kappa shape index (κ1) is 42.9. The van der Waals surface area contributed by atoms with Crippen LogP contribution in [0.4, 0.5) is 22.7 Å². The molecule has 60 heavy (non-hydrogen) atoms. The van der Waals surface area contributed by atoms with E-state index < -0.39 is 57.5 Å². The quantitative estimate of drug-likeness (QED) is 0.0506. The molecular formula is C42H36N4O12P2. The van der Waals surface area contributed by atoms with Crippen molar-refractivity contribution in [3.63, 3.8) is 0 Å². The number of nitro groups is 4. The van der Waals surface area contributed by atoms with Crippen molar-refractivity contribution in [1.29, 1.82) is 0 Å². The van der Waals surface area contributed by atoms with Gasteiger partial charge in [0.25, 0.3) is 22.7 Å². The topological polar surface area (TPSA) is 247 Å². The number of rotatable bonds is 17. The first-order valence-electron chi connectivity index (χ1n) is 18.2. The molecule has 0 amide bonds. The maximum Gasteiger partial charge on any atom is 0.269 e. The average Bonchev–Trinajstić information content (AvgIpc) is 3.26. The van der Waals surface area contributed by atoms with Crippen LogP contribution in [0.3, 0.4) is 0 Å². The van der Waals surface area contributed by atoms with E-state index >= 15 is 9.13 Å². The van der Waals surface area contributed by atoms with Gasteiger partial charge in [0.1, 0.15) is 25.5 Å². The van der Waals surface area contributed by atoms with Gasteiger partial charge >= 0.3 is 0 Å². The van der Waals surface area contributed by atoms with Crippen LogP contribution in [-0.4, -0.2) is 54.6 Å². The predicted molar refractivity (Wildman–Crippen MR) is 225 cm³/mol. The van der Waals surface area contributed by atoms with Crippen molar-refractivity contribution >= 4 is 47.6 Å². The van der Waals surface area contributed by atoms with Crippen molar-refractivity contribution in [3.05, 3.63) is 220 Å². The summed E-state index contributed by atoms with van der Waals surface area (Å²) in [6.45, 7) is 0. The van der Waals surface area contributed by atoms with Gasteiger partial charge in [0.05, 0.1) is 19.7 Å². The first-order valence-corrected chi connectivity index (χ1v) is 22.3. The van der Waals surface area contributed by atoms with Gasteiger partial charge in [-0.25, -0.2) is 0 Å². The van der Waals surface area contributed by atoms with Crippen LogP contribution in [0.15, 0.2) is 158 Å². The van der Waals surface area contributed by atoms with Gasteiger partial charge in [0.2, 0.25) is 0 Å². The van der Waals surface area contributed by atoms with Crippen LogP contribution in [0.25, 0.3) is 0 Å². The molecule has 0 saturated heterocycles. The Morgan fingerprint density at radius 2 is 0.600 bits per heavy atom. The molecule has 2 unspecified atom stereocenters. The number of non-ortho nitro benzene ring substituents is 4. The molecule has 0 fully saturated rings. The van der Waals surface area contributed by atoms with Gasteiger partial charge in [-0.15, -0.1) is 0 Å². The highest BCUT2D eigenvalue weighted by Gasteiger charge is 2.45. The highest BCUT2D eigenvalue weighted by molar-refractivity contribution is 7.75. The number of nitro benzene ring substituents is 4. The summed E-state index contributed by atoms with van der Waals surface area (Å²) in [4.78, 5) is 43.7. The Hall–Kier alpha value is -6.70. The third-order valence-electron chi connectivity index (χ3n) is 10.5. The van der Waals surface area contributed by atoms with E-state index in [0.29, 0.717) is 0 Å². The summed E-state index contributed by atoms with van der Waals surface area (Å²) in [6, 6.07) is 36.0. The summed E-state index contributed by atoms with van der Waals surface area (Å²) in [5.41, 5.74) is -5.12. The van der Waals surface area contributed by atoms with E-state index in [2.05, 4.69) is 0 Å². The molecule has 2 N–H and O–H groups in total. The fraction of sp³-hybridized carbons (Fsp3) is 0.143. The number of hydrogen-bond acceptors (Lipinski definition) is 12. The predicted octanol–water partition coefficient (Wildman–Crippen LogP) is 7.87. The van der Waals surface area contributed by atoms with Gasteiger partial charge in [-0.2, -0.15) is 0 Å². The van der Waals surface area contributed by atoms with Crippen LogP contribution < -0.4 is 10.6 Å². The normalized spacial score (nSPS) is 13.7. The van der Waals surface area contributed by atoms with Crippen molar-refractivity contribution in [1.82, 2.24) is 0 Å². The van der Waals surface area contributed by atoms with Gasteiger partial charge in [0.15, 0.2) is 0 Å². The minimum atomic E-state index is -3.97. The largest absolute Gasteiger partial charge is 0.380 e. The third-order valence-corrected chi connectivity index (χ3v) is 17.1. The molecule has 0 spiro atoms. The van der Waals surface area contributed by atoms with Crippen molar-refractivity contribution in [2.45, 2.75) is 11.2 Å².